The fourth-order valence-corrected chi connectivity index (χ4v) is 2.25. The summed E-state index contributed by atoms with van der Waals surface area (Å²) in [4.78, 5) is 15.8. The number of nitrogens with zero attached hydrogens (tertiary/aromatic N) is 3. The molecule has 0 spiro atoms. The Hall–Kier alpha value is -1.92. The third kappa shape index (κ3) is 3.80. The van der Waals surface area contributed by atoms with Crippen LogP contribution in [-0.2, 0) is 18.3 Å². The van der Waals surface area contributed by atoms with E-state index in [4.69, 9.17) is 11.6 Å². The van der Waals surface area contributed by atoms with Gasteiger partial charge in [-0.3, -0.25) is 14.5 Å². The summed E-state index contributed by atoms with van der Waals surface area (Å²) >= 11 is 6.08. The number of aryl methyl sites for hydroxylation is 2. The van der Waals surface area contributed by atoms with Crippen LogP contribution in [-0.4, -0.2) is 32.3 Å². The van der Waals surface area contributed by atoms with Crippen LogP contribution in [0.15, 0.2) is 24.5 Å². The zero-order valence-corrected chi connectivity index (χ0v) is 12.6. The lowest BCUT2D eigenvalue weighted by atomic mass is 10.1. The Morgan fingerprint density at radius 1 is 1.48 bits per heavy atom. The number of halogens is 1. The number of carbonyl (C=O) groups is 1. The monoisotopic (exact) mass is 308 g/mol. The Morgan fingerprint density at radius 3 is 2.71 bits per heavy atom. The molecule has 0 aliphatic carbocycles. The molecule has 2 rings (SSSR count). The van der Waals surface area contributed by atoms with Crippen molar-refractivity contribution in [3.05, 3.63) is 46.5 Å². The number of aromatic nitrogens is 3. The quantitative estimate of drug-likeness (QED) is 0.869. The van der Waals surface area contributed by atoms with Crippen LogP contribution < -0.4 is 5.32 Å². The van der Waals surface area contributed by atoms with E-state index < -0.39 is 6.10 Å². The Morgan fingerprint density at radius 2 is 2.14 bits per heavy atom. The third-order valence-electron chi connectivity index (χ3n) is 3.19. The van der Waals surface area contributed by atoms with Gasteiger partial charge < -0.3 is 10.4 Å². The molecule has 0 radical (unpaired) electrons. The normalized spacial score (nSPS) is 12.2. The van der Waals surface area contributed by atoms with E-state index in [1.54, 1.807) is 38.5 Å². The lowest BCUT2D eigenvalue weighted by molar-refractivity contribution is -0.120. The van der Waals surface area contributed by atoms with Crippen molar-refractivity contribution < 1.29 is 9.90 Å². The van der Waals surface area contributed by atoms with Crippen LogP contribution in [0.2, 0.25) is 5.15 Å². The number of amides is 1. The van der Waals surface area contributed by atoms with Crippen LogP contribution in [0.4, 0.5) is 0 Å². The van der Waals surface area contributed by atoms with Gasteiger partial charge in [0.15, 0.2) is 0 Å². The first-order chi connectivity index (χ1) is 9.99. The number of hydrogen-bond donors (Lipinski definition) is 2. The molecule has 1 amide bonds. The van der Waals surface area contributed by atoms with E-state index in [1.807, 2.05) is 0 Å². The van der Waals surface area contributed by atoms with E-state index >= 15 is 0 Å². The molecule has 0 bridgehead atoms. The predicted molar refractivity (Wildman–Crippen MR) is 78.9 cm³/mol. The molecule has 112 valence electrons. The number of pyridine rings is 1. The summed E-state index contributed by atoms with van der Waals surface area (Å²) < 4.78 is 1.53. The van der Waals surface area contributed by atoms with E-state index in [-0.39, 0.29) is 18.9 Å². The first-order valence-corrected chi connectivity index (χ1v) is 6.89. The molecule has 2 aromatic rings. The Labute approximate surface area is 127 Å². The Balaban J connectivity index is 1.91. The van der Waals surface area contributed by atoms with Crippen LogP contribution in [0.1, 0.15) is 22.9 Å². The van der Waals surface area contributed by atoms with Crippen molar-refractivity contribution in [3.8, 4) is 0 Å². The van der Waals surface area contributed by atoms with Crippen LogP contribution >= 0.6 is 11.6 Å². The first-order valence-electron chi connectivity index (χ1n) is 6.51. The second-order valence-corrected chi connectivity index (χ2v) is 5.11. The highest BCUT2D eigenvalue weighted by Crippen LogP contribution is 2.19. The molecule has 0 saturated heterocycles. The van der Waals surface area contributed by atoms with Gasteiger partial charge in [-0.1, -0.05) is 11.6 Å². The van der Waals surface area contributed by atoms with Crippen LogP contribution in [0.3, 0.4) is 0 Å². The lowest BCUT2D eigenvalue weighted by Crippen LogP contribution is -2.29. The van der Waals surface area contributed by atoms with Gasteiger partial charge in [-0.2, -0.15) is 5.10 Å². The second kappa shape index (κ2) is 6.69. The summed E-state index contributed by atoms with van der Waals surface area (Å²) in [6, 6.07) is 3.41. The average Bonchev–Trinajstić information content (AvgIpc) is 2.72. The molecule has 1 unspecified atom stereocenters. The molecular weight excluding hydrogens is 292 g/mol. The highest BCUT2D eigenvalue weighted by Gasteiger charge is 2.16. The molecule has 0 aliphatic rings. The molecule has 21 heavy (non-hydrogen) atoms. The fourth-order valence-electron chi connectivity index (χ4n) is 2.01. The highest BCUT2D eigenvalue weighted by atomic mass is 35.5. The standard InChI is InChI=1S/C14H17ClN4O2/c1-9-11(14(15)19(2)18-9)7-13(21)17-8-12(20)10-3-5-16-6-4-10/h3-6,12,20H,7-8H2,1-2H3,(H,17,21). The summed E-state index contributed by atoms with van der Waals surface area (Å²) in [6.07, 6.45) is 2.57. The maximum atomic E-state index is 11.9. The molecule has 2 N–H and O–H groups in total. The number of hydrogen-bond acceptors (Lipinski definition) is 4. The molecule has 7 heteroatoms. The second-order valence-electron chi connectivity index (χ2n) is 4.76. The SMILES string of the molecule is Cc1nn(C)c(Cl)c1CC(=O)NCC(O)c1ccncc1. The minimum Gasteiger partial charge on any atom is -0.387 e. The van der Waals surface area contributed by atoms with E-state index in [1.165, 1.54) is 4.68 Å². The molecular formula is C14H17ClN4O2. The summed E-state index contributed by atoms with van der Waals surface area (Å²) in [5.74, 6) is -0.207. The first kappa shape index (κ1) is 15.5. The fraction of sp³-hybridized carbons (Fsp3) is 0.357. The summed E-state index contributed by atoms with van der Waals surface area (Å²) in [5.41, 5.74) is 2.14. The third-order valence-corrected chi connectivity index (χ3v) is 3.66. The molecule has 6 nitrogen and oxygen atoms in total. The number of aliphatic hydroxyl groups excluding tert-OH is 1. The number of carbonyl (C=O) groups excluding carboxylic acids is 1. The van der Waals surface area contributed by atoms with Crippen molar-refractivity contribution in [2.45, 2.75) is 19.4 Å². The van der Waals surface area contributed by atoms with Crippen molar-refractivity contribution in [1.29, 1.82) is 0 Å². The summed E-state index contributed by atoms with van der Waals surface area (Å²) in [6.45, 7) is 1.94. The van der Waals surface area contributed by atoms with Gasteiger partial charge in [0.2, 0.25) is 5.91 Å². The molecule has 0 aliphatic heterocycles. The minimum atomic E-state index is -0.762. The van der Waals surface area contributed by atoms with E-state index in [9.17, 15) is 9.90 Å². The Bertz CT molecular complexity index is 627. The zero-order chi connectivity index (χ0) is 15.4. The summed E-state index contributed by atoms with van der Waals surface area (Å²) in [5, 5.41) is 17.3. The van der Waals surface area contributed by atoms with Crippen LogP contribution in [0.25, 0.3) is 0 Å². The van der Waals surface area contributed by atoms with Gasteiger partial charge >= 0.3 is 0 Å². The van der Waals surface area contributed by atoms with Gasteiger partial charge in [-0.05, 0) is 24.6 Å². The van der Waals surface area contributed by atoms with Gasteiger partial charge in [0.05, 0.1) is 18.2 Å². The molecule has 0 saturated carbocycles. The summed E-state index contributed by atoms with van der Waals surface area (Å²) in [7, 11) is 1.73. The molecule has 2 heterocycles. The molecule has 1 atom stereocenters. The van der Waals surface area contributed by atoms with Gasteiger partial charge in [0, 0.05) is 31.5 Å². The van der Waals surface area contributed by atoms with Crippen molar-refractivity contribution in [3.63, 3.8) is 0 Å². The minimum absolute atomic E-state index is 0.139. The molecule has 2 aromatic heterocycles. The predicted octanol–water partition coefficient (Wildman–Crippen LogP) is 1.17. The highest BCUT2D eigenvalue weighted by molar-refractivity contribution is 6.30. The average molecular weight is 309 g/mol. The zero-order valence-electron chi connectivity index (χ0n) is 11.9. The largest absolute Gasteiger partial charge is 0.387 e. The maximum absolute atomic E-state index is 11.9. The number of rotatable bonds is 5. The van der Waals surface area contributed by atoms with Crippen LogP contribution in [0, 0.1) is 6.92 Å². The van der Waals surface area contributed by atoms with Gasteiger partial charge in [0.1, 0.15) is 5.15 Å². The maximum Gasteiger partial charge on any atom is 0.224 e. The number of aliphatic hydroxyl groups is 1. The van der Waals surface area contributed by atoms with E-state index in [0.717, 1.165) is 5.69 Å². The van der Waals surface area contributed by atoms with Crippen molar-refractivity contribution >= 4 is 17.5 Å². The molecule has 0 fully saturated rings. The Kier molecular flexibility index (Phi) is 4.93. The van der Waals surface area contributed by atoms with Gasteiger partial charge in [0.25, 0.3) is 0 Å². The van der Waals surface area contributed by atoms with Crippen molar-refractivity contribution in [1.82, 2.24) is 20.1 Å². The molecule has 0 aromatic carbocycles. The lowest BCUT2D eigenvalue weighted by Gasteiger charge is -2.12. The van der Waals surface area contributed by atoms with Crippen molar-refractivity contribution in [2.24, 2.45) is 7.05 Å². The van der Waals surface area contributed by atoms with Gasteiger partial charge in [-0.25, -0.2) is 0 Å². The van der Waals surface area contributed by atoms with E-state index in [0.29, 0.717) is 16.3 Å². The smallest absolute Gasteiger partial charge is 0.224 e. The number of nitrogens with one attached hydrogen (secondary N) is 1. The van der Waals surface area contributed by atoms with E-state index in [2.05, 4.69) is 15.4 Å². The van der Waals surface area contributed by atoms with Crippen LogP contribution in [0.5, 0.6) is 0 Å². The topological polar surface area (TPSA) is 80.0 Å². The van der Waals surface area contributed by atoms with Gasteiger partial charge in [-0.15, -0.1) is 0 Å². The van der Waals surface area contributed by atoms with Crippen molar-refractivity contribution in [2.75, 3.05) is 6.54 Å².